The summed E-state index contributed by atoms with van der Waals surface area (Å²) in [5.74, 6) is 6.37. The second kappa shape index (κ2) is 8.65. The average molecular weight is 301 g/mol. The second-order valence-electron chi connectivity index (χ2n) is 5.45. The Morgan fingerprint density at radius 1 is 1.35 bits per heavy atom. The highest BCUT2D eigenvalue weighted by Crippen LogP contribution is 2.25. The molecule has 0 aliphatic heterocycles. The van der Waals surface area contributed by atoms with E-state index in [4.69, 9.17) is 17.4 Å². The van der Waals surface area contributed by atoms with E-state index in [0.29, 0.717) is 5.92 Å². The zero-order valence-electron chi connectivity index (χ0n) is 13.2. The maximum atomic E-state index is 6.39. The van der Waals surface area contributed by atoms with Crippen molar-refractivity contribution in [2.45, 2.75) is 72.4 Å². The van der Waals surface area contributed by atoms with Crippen molar-refractivity contribution in [2.24, 2.45) is 11.8 Å². The van der Waals surface area contributed by atoms with Crippen LogP contribution in [0.25, 0.3) is 0 Å². The highest BCUT2D eigenvalue weighted by Gasteiger charge is 2.23. The van der Waals surface area contributed by atoms with Crippen LogP contribution in [0.1, 0.15) is 57.8 Å². The number of aromatic nitrogens is 2. The highest BCUT2D eigenvalue weighted by atomic mass is 35.5. The fourth-order valence-electron chi connectivity index (χ4n) is 2.79. The van der Waals surface area contributed by atoms with E-state index in [0.717, 1.165) is 35.8 Å². The molecule has 2 atom stereocenters. The van der Waals surface area contributed by atoms with Crippen molar-refractivity contribution in [2.75, 3.05) is 0 Å². The lowest BCUT2D eigenvalue weighted by molar-refractivity contribution is 0.313. The molecule has 0 saturated heterocycles. The molecule has 0 spiro atoms. The topological polar surface area (TPSA) is 55.9 Å². The molecule has 0 aliphatic rings. The van der Waals surface area contributed by atoms with Gasteiger partial charge in [0.25, 0.3) is 0 Å². The first kappa shape index (κ1) is 17.5. The number of hydrogen-bond donors (Lipinski definition) is 2. The van der Waals surface area contributed by atoms with Gasteiger partial charge in [-0.1, -0.05) is 44.7 Å². The lowest BCUT2D eigenvalue weighted by Crippen LogP contribution is -2.42. The van der Waals surface area contributed by atoms with Gasteiger partial charge < -0.3 is 0 Å². The predicted octanol–water partition coefficient (Wildman–Crippen LogP) is 3.46. The largest absolute Gasteiger partial charge is 0.271 e. The van der Waals surface area contributed by atoms with Gasteiger partial charge in [-0.15, -0.1) is 0 Å². The van der Waals surface area contributed by atoms with Crippen molar-refractivity contribution in [3.8, 4) is 0 Å². The van der Waals surface area contributed by atoms with E-state index in [9.17, 15) is 0 Å². The Morgan fingerprint density at radius 2 is 2.05 bits per heavy atom. The number of aryl methyl sites for hydroxylation is 2. The standard InChI is InChI=1S/C15H29ClN4/c1-5-8-9-12(6-2)13(18-17)10-14-15(16)11(4)19-20(14)7-3/h12-13,18H,5-10,17H2,1-4H3. The van der Waals surface area contributed by atoms with Crippen LogP contribution in [0, 0.1) is 12.8 Å². The summed E-state index contributed by atoms with van der Waals surface area (Å²) in [6.07, 6.45) is 5.65. The summed E-state index contributed by atoms with van der Waals surface area (Å²) < 4.78 is 1.99. The van der Waals surface area contributed by atoms with Crippen molar-refractivity contribution in [1.29, 1.82) is 0 Å². The Labute approximate surface area is 128 Å². The van der Waals surface area contributed by atoms with E-state index in [1.54, 1.807) is 0 Å². The first-order valence-corrected chi connectivity index (χ1v) is 8.14. The molecule has 1 aromatic rings. The number of hydrogen-bond acceptors (Lipinski definition) is 3. The van der Waals surface area contributed by atoms with Gasteiger partial charge in [0.15, 0.2) is 0 Å². The van der Waals surface area contributed by atoms with Crippen LogP contribution in [0.15, 0.2) is 0 Å². The quantitative estimate of drug-likeness (QED) is 0.542. The van der Waals surface area contributed by atoms with Gasteiger partial charge in [-0.3, -0.25) is 16.0 Å². The molecule has 0 fully saturated rings. The third kappa shape index (κ3) is 4.21. The average Bonchev–Trinajstić information content (AvgIpc) is 2.73. The van der Waals surface area contributed by atoms with Crippen LogP contribution in [0.5, 0.6) is 0 Å². The van der Waals surface area contributed by atoms with Gasteiger partial charge in [0, 0.05) is 19.0 Å². The van der Waals surface area contributed by atoms with E-state index in [1.165, 1.54) is 19.3 Å². The molecule has 3 N–H and O–H groups in total. The van der Waals surface area contributed by atoms with Crippen molar-refractivity contribution >= 4 is 11.6 Å². The molecule has 5 heteroatoms. The van der Waals surface area contributed by atoms with E-state index >= 15 is 0 Å². The molecule has 0 radical (unpaired) electrons. The molecular formula is C15H29ClN4. The van der Waals surface area contributed by atoms with E-state index in [1.807, 2.05) is 11.6 Å². The zero-order chi connectivity index (χ0) is 15.1. The maximum absolute atomic E-state index is 6.39. The third-order valence-electron chi connectivity index (χ3n) is 4.10. The molecule has 0 bridgehead atoms. The summed E-state index contributed by atoms with van der Waals surface area (Å²) in [6.45, 7) is 9.34. The normalized spacial score (nSPS) is 14.5. The van der Waals surface area contributed by atoms with Crippen LogP contribution in [0.3, 0.4) is 0 Å². The Kier molecular flexibility index (Phi) is 7.56. The molecule has 1 aromatic heterocycles. The molecule has 116 valence electrons. The van der Waals surface area contributed by atoms with Gasteiger partial charge in [-0.05, 0) is 26.2 Å². The number of nitrogens with zero attached hydrogens (tertiary/aromatic N) is 2. The first-order valence-electron chi connectivity index (χ1n) is 7.76. The molecule has 20 heavy (non-hydrogen) atoms. The van der Waals surface area contributed by atoms with Gasteiger partial charge >= 0.3 is 0 Å². The van der Waals surface area contributed by atoms with Crippen molar-refractivity contribution < 1.29 is 0 Å². The van der Waals surface area contributed by atoms with E-state index in [2.05, 4.69) is 31.3 Å². The summed E-state index contributed by atoms with van der Waals surface area (Å²) in [7, 11) is 0. The molecule has 1 rings (SSSR count). The Morgan fingerprint density at radius 3 is 2.55 bits per heavy atom. The summed E-state index contributed by atoms with van der Waals surface area (Å²) >= 11 is 6.39. The lowest BCUT2D eigenvalue weighted by Gasteiger charge is -2.26. The number of rotatable bonds is 9. The van der Waals surface area contributed by atoms with Crippen LogP contribution in [-0.4, -0.2) is 15.8 Å². The lowest BCUT2D eigenvalue weighted by atomic mass is 9.89. The van der Waals surface area contributed by atoms with Crippen LogP contribution in [0.4, 0.5) is 0 Å². The molecular weight excluding hydrogens is 272 g/mol. The van der Waals surface area contributed by atoms with Crippen molar-refractivity contribution in [1.82, 2.24) is 15.2 Å². The number of halogens is 1. The minimum absolute atomic E-state index is 0.255. The Bertz CT molecular complexity index is 403. The molecule has 2 unspecified atom stereocenters. The van der Waals surface area contributed by atoms with Gasteiger partial charge in [0.05, 0.1) is 16.4 Å². The number of hydrazine groups is 1. The fourth-order valence-corrected chi connectivity index (χ4v) is 3.00. The monoisotopic (exact) mass is 300 g/mol. The summed E-state index contributed by atoms with van der Waals surface area (Å²) in [5.41, 5.74) is 5.00. The Hall–Kier alpha value is -0.580. The molecule has 0 aromatic carbocycles. The van der Waals surface area contributed by atoms with E-state index < -0.39 is 0 Å². The van der Waals surface area contributed by atoms with Gasteiger partial charge in [-0.2, -0.15) is 5.10 Å². The van der Waals surface area contributed by atoms with Crippen molar-refractivity contribution in [3.63, 3.8) is 0 Å². The van der Waals surface area contributed by atoms with Crippen LogP contribution in [-0.2, 0) is 13.0 Å². The molecule has 1 heterocycles. The zero-order valence-corrected chi connectivity index (χ0v) is 14.0. The number of nitrogens with two attached hydrogens (primary N) is 1. The fraction of sp³-hybridized carbons (Fsp3) is 0.800. The molecule has 0 amide bonds. The van der Waals surface area contributed by atoms with Crippen LogP contribution in [0.2, 0.25) is 5.02 Å². The van der Waals surface area contributed by atoms with Gasteiger partial charge in [0.2, 0.25) is 0 Å². The predicted molar refractivity (Wildman–Crippen MR) is 85.8 cm³/mol. The molecule has 0 aliphatic carbocycles. The van der Waals surface area contributed by atoms with Crippen LogP contribution < -0.4 is 11.3 Å². The minimum atomic E-state index is 0.255. The highest BCUT2D eigenvalue weighted by molar-refractivity contribution is 6.31. The maximum Gasteiger partial charge on any atom is 0.0847 e. The van der Waals surface area contributed by atoms with Gasteiger partial charge in [-0.25, -0.2) is 0 Å². The van der Waals surface area contributed by atoms with Crippen LogP contribution >= 0.6 is 11.6 Å². The van der Waals surface area contributed by atoms with E-state index in [-0.39, 0.29) is 6.04 Å². The second-order valence-corrected chi connectivity index (χ2v) is 5.83. The number of nitrogens with one attached hydrogen (secondary N) is 1. The molecule has 4 nitrogen and oxygen atoms in total. The first-order chi connectivity index (χ1) is 9.58. The van der Waals surface area contributed by atoms with Gasteiger partial charge in [0.1, 0.15) is 0 Å². The molecule has 0 saturated carbocycles. The smallest absolute Gasteiger partial charge is 0.0847 e. The minimum Gasteiger partial charge on any atom is -0.271 e. The third-order valence-corrected chi connectivity index (χ3v) is 4.59. The van der Waals surface area contributed by atoms with Crippen molar-refractivity contribution in [3.05, 3.63) is 16.4 Å². The summed E-state index contributed by atoms with van der Waals surface area (Å²) in [6, 6.07) is 0.255. The summed E-state index contributed by atoms with van der Waals surface area (Å²) in [4.78, 5) is 0. The number of unbranched alkanes of at least 4 members (excludes halogenated alkanes) is 1. The summed E-state index contributed by atoms with van der Waals surface area (Å²) in [5, 5.41) is 5.27. The Balaban J connectivity index is 2.86. The SMILES string of the molecule is CCCCC(CC)C(Cc1c(Cl)c(C)nn1CC)NN.